The lowest BCUT2D eigenvalue weighted by atomic mass is 9.94. The molecule has 1 fully saturated rings. The molecular weight excluding hydrogens is 268 g/mol. The summed E-state index contributed by atoms with van der Waals surface area (Å²) in [5, 5.41) is 7.01. The number of thioether (sulfide) groups is 1. The van der Waals surface area contributed by atoms with Crippen LogP contribution in [0.4, 0.5) is 5.69 Å². The average Bonchev–Trinajstić information content (AvgIpc) is 2.47. The first kappa shape index (κ1) is 15.2. The topological polar surface area (TPSA) is 41.1 Å². The van der Waals surface area contributed by atoms with Crippen LogP contribution in [-0.4, -0.2) is 30.5 Å². The minimum Gasteiger partial charge on any atom is -0.388 e. The van der Waals surface area contributed by atoms with Crippen LogP contribution in [0.25, 0.3) is 0 Å². The zero-order valence-corrected chi connectivity index (χ0v) is 13.3. The maximum atomic E-state index is 12.3. The lowest BCUT2D eigenvalue weighted by Gasteiger charge is -2.28. The number of carbonyl (C=O) groups excluding carboxylic acids is 1. The molecule has 4 heteroatoms. The van der Waals surface area contributed by atoms with Crippen LogP contribution in [0.5, 0.6) is 0 Å². The summed E-state index contributed by atoms with van der Waals surface area (Å²) in [5.74, 6) is 0.0579. The van der Waals surface area contributed by atoms with Gasteiger partial charge in [0.15, 0.2) is 0 Å². The van der Waals surface area contributed by atoms with E-state index in [1.165, 1.54) is 12.8 Å². The van der Waals surface area contributed by atoms with Crippen LogP contribution < -0.4 is 10.6 Å². The van der Waals surface area contributed by atoms with Crippen molar-refractivity contribution in [3.8, 4) is 0 Å². The number of amides is 1. The van der Waals surface area contributed by atoms with E-state index in [0.717, 1.165) is 29.7 Å². The average molecular weight is 292 g/mol. The van der Waals surface area contributed by atoms with Crippen molar-refractivity contribution < 1.29 is 4.79 Å². The maximum absolute atomic E-state index is 12.3. The number of anilines is 1. The summed E-state index contributed by atoms with van der Waals surface area (Å²) < 4.78 is 0. The Balaban J connectivity index is 1.99. The van der Waals surface area contributed by atoms with Crippen LogP contribution in [0.2, 0.25) is 0 Å². The minimum absolute atomic E-state index is 0.0579. The molecule has 2 rings (SSSR count). The van der Waals surface area contributed by atoms with Gasteiger partial charge in [0.25, 0.3) is 5.91 Å². The molecule has 0 heterocycles. The van der Waals surface area contributed by atoms with Gasteiger partial charge in [0.05, 0.1) is 0 Å². The second-order valence-electron chi connectivity index (χ2n) is 5.47. The minimum atomic E-state index is 0.0579. The molecule has 1 saturated carbocycles. The molecule has 1 aliphatic carbocycles. The first-order valence-corrected chi connectivity index (χ1v) is 8.55. The summed E-state index contributed by atoms with van der Waals surface area (Å²) in [6, 6.07) is 6.15. The lowest BCUT2D eigenvalue weighted by Crippen LogP contribution is -2.39. The molecule has 1 amide bonds. The third kappa shape index (κ3) is 3.69. The van der Waals surface area contributed by atoms with Gasteiger partial charge in [0.1, 0.15) is 0 Å². The van der Waals surface area contributed by atoms with Gasteiger partial charge in [-0.05, 0) is 56.2 Å². The van der Waals surface area contributed by atoms with E-state index in [1.54, 1.807) is 0 Å². The fourth-order valence-corrected chi connectivity index (χ4v) is 3.67. The molecule has 1 aromatic carbocycles. The molecule has 110 valence electrons. The first-order valence-electron chi connectivity index (χ1n) is 7.26. The number of hydrogen-bond donors (Lipinski definition) is 2. The van der Waals surface area contributed by atoms with Crippen molar-refractivity contribution in [2.45, 2.75) is 43.9 Å². The zero-order valence-electron chi connectivity index (χ0n) is 12.5. The predicted molar refractivity (Wildman–Crippen MR) is 87.8 cm³/mol. The summed E-state index contributed by atoms with van der Waals surface area (Å²) in [6.45, 7) is 2.02. The van der Waals surface area contributed by atoms with Crippen LogP contribution in [-0.2, 0) is 0 Å². The smallest absolute Gasteiger partial charge is 0.251 e. The van der Waals surface area contributed by atoms with E-state index in [0.29, 0.717) is 11.3 Å². The van der Waals surface area contributed by atoms with Gasteiger partial charge < -0.3 is 10.6 Å². The highest BCUT2D eigenvalue weighted by atomic mass is 32.2. The number of rotatable bonds is 4. The summed E-state index contributed by atoms with van der Waals surface area (Å²) in [5.41, 5.74) is 2.93. The van der Waals surface area contributed by atoms with Gasteiger partial charge in [-0.2, -0.15) is 11.8 Å². The van der Waals surface area contributed by atoms with E-state index in [-0.39, 0.29) is 5.91 Å². The van der Waals surface area contributed by atoms with Crippen LogP contribution in [0.1, 0.15) is 41.6 Å². The van der Waals surface area contributed by atoms with Crippen LogP contribution >= 0.6 is 11.8 Å². The van der Waals surface area contributed by atoms with Crippen molar-refractivity contribution in [2.75, 3.05) is 18.6 Å². The highest BCUT2D eigenvalue weighted by Crippen LogP contribution is 2.27. The van der Waals surface area contributed by atoms with Crippen molar-refractivity contribution in [3.63, 3.8) is 0 Å². The number of benzene rings is 1. The van der Waals surface area contributed by atoms with Gasteiger partial charge in [-0.3, -0.25) is 4.79 Å². The van der Waals surface area contributed by atoms with Gasteiger partial charge in [-0.1, -0.05) is 6.42 Å². The highest BCUT2D eigenvalue weighted by Gasteiger charge is 2.23. The van der Waals surface area contributed by atoms with Crippen LogP contribution in [0.15, 0.2) is 18.2 Å². The fraction of sp³-hybridized carbons (Fsp3) is 0.562. The van der Waals surface area contributed by atoms with Gasteiger partial charge in [-0.25, -0.2) is 0 Å². The quantitative estimate of drug-likeness (QED) is 0.893. The van der Waals surface area contributed by atoms with Crippen molar-refractivity contribution in [2.24, 2.45) is 0 Å². The maximum Gasteiger partial charge on any atom is 0.251 e. The zero-order chi connectivity index (χ0) is 14.5. The SMILES string of the molecule is CNc1ccc(C(=O)NC2CCCC(SC)C2)cc1C. The molecule has 2 unspecified atom stereocenters. The Morgan fingerprint density at radius 2 is 2.15 bits per heavy atom. The van der Waals surface area contributed by atoms with Crippen LogP contribution in [0.3, 0.4) is 0 Å². The molecular formula is C16H24N2OS. The Hall–Kier alpha value is -1.16. The first-order chi connectivity index (χ1) is 9.63. The highest BCUT2D eigenvalue weighted by molar-refractivity contribution is 7.99. The third-order valence-corrected chi connectivity index (χ3v) is 5.15. The van der Waals surface area contributed by atoms with Gasteiger partial charge in [-0.15, -0.1) is 0 Å². The molecule has 0 saturated heterocycles. The fourth-order valence-electron chi connectivity index (χ4n) is 2.84. The van der Waals surface area contributed by atoms with Gasteiger partial charge in [0, 0.05) is 29.6 Å². The Bertz CT molecular complexity index is 476. The van der Waals surface area contributed by atoms with E-state index in [1.807, 2.05) is 43.9 Å². The standard InChI is InChI=1S/C16H24N2OS/c1-11-9-12(7-8-15(11)17-2)16(19)18-13-5-4-6-14(10-13)20-3/h7-9,13-14,17H,4-6,10H2,1-3H3,(H,18,19). The molecule has 20 heavy (non-hydrogen) atoms. The number of carbonyl (C=O) groups is 1. The van der Waals surface area contributed by atoms with Crippen molar-refractivity contribution in [1.29, 1.82) is 0 Å². The molecule has 2 atom stereocenters. The number of aryl methyl sites for hydroxylation is 1. The normalized spacial score (nSPS) is 22.4. The van der Waals surface area contributed by atoms with Crippen molar-refractivity contribution in [3.05, 3.63) is 29.3 Å². The van der Waals surface area contributed by atoms with E-state index >= 15 is 0 Å². The van der Waals surface area contributed by atoms with Gasteiger partial charge in [0.2, 0.25) is 0 Å². The lowest BCUT2D eigenvalue weighted by molar-refractivity contribution is 0.0928. The molecule has 2 N–H and O–H groups in total. The largest absolute Gasteiger partial charge is 0.388 e. The van der Waals surface area contributed by atoms with Crippen molar-refractivity contribution in [1.82, 2.24) is 5.32 Å². The second-order valence-corrected chi connectivity index (χ2v) is 6.61. The Morgan fingerprint density at radius 3 is 2.80 bits per heavy atom. The monoisotopic (exact) mass is 292 g/mol. The predicted octanol–water partition coefficient (Wildman–Crippen LogP) is 3.44. The molecule has 0 radical (unpaired) electrons. The molecule has 1 aromatic rings. The molecule has 0 aromatic heterocycles. The van der Waals surface area contributed by atoms with Crippen LogP contribution in [0, 0.1) is 6.92 Å². The van der Waals surface area contributed by atoms with Crippen molar-refractivity contribution >= 4 is 23.4 Å². The van der Waals surface area contributed by atoms with E-state index in [2.05, 4.69) is 16.9 Å². The number of hydrogen-bond acceptors (Lipinski definition) is 3. The molecule has 0 bridgehead atoms. The van der Waals surface area contributed by atoms with E-state index in [4.69, 9.17) is 0 Å². The molecule has 1 aliphatic rings. The Kier molecular flexibility index (Phi) is 5.35. The van der Waals surface area contributed by atoms with Gasteiger partial charge >= 0.3 is 0 Å². The summed E-state index contributed by atoms with van der Waals surface area (Å²) in [4.78, 5) is 12.3. The Morgan fingerprint density at radius 1 is 1.35 bits per heavy atom. The van der Waals surface area contributed by atoms with E-state index in [9.17, 15) is 4.79 Å². The molecule has 0 spiro atoms. The molecule has 3 nitrogen and oxygen atoms in total. The second kappa shape index (κ2) is 7.02. The Labute approximate surface area is 125 Å². The third-order valence-electron chi connectivity index (χ3n) is 4.05. The number of nitrogens with one attached hydrogen (secondary N) is 2. The summed E-state index contributed by atoms with van der Waals surface area (Å²) >= 11 is 1.92. The summed E-state index contributed by atoms with van der Waals surface area (Å²) in [6.07, 6.45) is 6.86. The summed E-state index contributed by atoms with van der Waals surface area (Å²) in [7, 11) is 1.90. The van der Waals surface area contributed by atoms with E-state index < -0.39 is 0 Å². The molecule has 0 aliphatic heterocycles.